The second-order valence-corrected chi connectivity index (χ2v) is 6.97. The highest BCUT2D eigenvalue weighted by Gasteiger charge is 2.32. The largest absolute Gasteiger partial charge is 0.419 e. The highest BCUT2D eigenvalue weighted by atomic mass is 35.5. The molecular weight excluding hydrogens is 381 g/mol. The van der Waals surface area contributed by atoms with E-state index in [1.165, 1.54) is 18.2 Å². The van der Waals surface area contributed by atoms with Gasteiger partial charge >= 0.3 is 0 Å². The average molecular weight is 398 g/mol. The van der Waals surface area contributed by atoms with Gasteiger partial charge in [0.05, 0.1) is 17.1 Å². The number of benzene rings is 2. The van der Waals surface area contributed by atoms with Crippen LogP contribution in [0.1, 0.15) is 24.3 Å². The van der Waals surface area contributed by atoms with E-state index < -0.39 is 0 Å². The molecule has 1 saturated carbocycles. The number of rotatable bonds is 6. The molecule has 1 heterocycles. The summed E-state index contributed by atoms with van der Waals surface area (Å²) < 4.78 is 18.7. The monoisotopic (exact) mass is 397 g/mol. The topological polar surface area (TPSA) is 59.2 Å². The lowest BCUT2D eigenvalue weighted by Crippen LogP contribution is -2.31. The van der Waals surface area contributed by atoms with Crippen molar-refractivity contribution in [3.63, 3.8) is 0 Å². The number of hydrogen-bond acceptors (Lipinski definition) is 4. The predicted octanol–water partition coefficient (Wildman–Crippen LogP) is 4.73. The SMILES string of the molecule is O=C(/C=C/c1ccc(F)cc1)N(Cc1nnc(-c2ccccc2Cl)o1)C1CC1. The summed E-state index contributed by atoms with van der Waals surface area (Å²) in [5.74, 6) is 0.217. The van der Waals surface area contributed by atoms with E-state index in [2.05, 4.69) is 10.2 Å². The van der Waals surface area contributed by atoms with Gasteiger partial charge in [0, 0.05) is 12.1 Å². The smallest absolute Gasteiger partial charge is 0.249 e. The Morgan fingerprint density at radius 3 is 2.64 bits per heavy atom. The molecule has 7 heteroatoms. The zero-order chi connectivity index (χ0) is 19.5. The second-order valence-electron chi connectivity index (χ2n) is 6.56. The molecule has 4 rings (SSSR count). The minimum atomic E-state index is -0.311. The molecule has 0 saturated heterocycles. The van der Waals surface area contributed by atoms with Gasteiger partial charge in [-0.15, -0.1) is 10.2 Å². The second kappa shape index (κ2) is 7.94. The van der Waals surface area contributed by atoms with Crippen molar-refractivity contribution in [1.82, 2.24) is 15.1 Å². The number of halogens is 2. The summed E-state index contributed by atoms with van der Waals surface area (Å²) in [5.41, 5.74) is 1.41. The minimum absolute atomic E-state index is 0.149. The highest BCUT2D eigenvalue weighted by Crippen LogP contribution is 2.30. The van der Waals surface area contributed by atoms with E-state index in [1.54, 1.807) is 35.2 Å². The number of hydrogen-bond donors (Lipinski definition) is 0. The molecule has 2 aromatic carbocycles. The van der Waals surface area contributed by atoms with Crippen molar-refractivity contribution in [2.45, 2.75) is 25.4 Å². The Balaban J connectivity index is 1.48. The van der Waals surface area contributed by atoms with Crippen LogP contribution in [-0.4, -0.2) is 27.0 Å². The summed E-state index contributed by atoms with van der Waals surface area (Å²) in [6, 6.07) is 13.3. The zero-order valence-electron chi connectivity index (χ0n) is 14.9. The van der Waals surface area contributed by atoms with Crippen molar-refractivity contribution in [3.05, 3.63) is 76.9 Å². The molecule has 0 N–H and O–H groups in total. The van der Waals surface area contributed by atoms with Gasteiger partial charge in [-0.25, -0.2) is 4.39 Å². The lowest BCUT2D eigenvalue weighted by molar-refractivity contribution is -0.127. The first-order chi connectivity index (χ1) is 13.6. The van der Waals surface area contributed by atoms with Crippen molar-refractivity contribution >= 4 is 23.6 Å². The summed E-state index contributed by atoms with van der Waals surface area (Å²) in [7, 11) is 0. The lowest BCUT2D eigenvalue weighted by Gasteiger charge is -2.18. The van der Waals surface area contributed by atoms with Crippen LogP contribution in [0, 0.1) is 5.82 Å². The molecule has 5 nitrogen and oxygen atoms in total. The molecule has 142 valence electrons. The molecule has 28 heavy (non-hydrogen) atoms. The standard InChI is InChI=1S/C21H17ClFN3O2/c22-18-4-2-1-3-17(18)21-25-24-19(28-21)13-26(16-10-11-16)20(27)12-7-14-5-8-15(23)9-6-14/h1-9,12,16H,10-11,13H2/b12-7+. The summed E-state index contributed by atoms with van der Waals surface area (Å²) in [6.07, 6.45) is 5.04. The van der Waals surface area contributed by atoms with Gasteiger partial charge in [0.25, 0.3) is 0 Å². The summed E-state index contributed by atoms with van der Waals surface area (Å²) >= 11 is 6.17. The fourth-order valence-corrected chi connectivity index (χ4v) is 3.03. The van der Waals surface area contributed by atoms with Crippen molar-refractivity contribution in [1.29, 1.82) is 0 Å². The van der Waals surface area contributed by atoms with E-state index in [-0.39, 0.29) is 24.3 Å². The van der Waals surface area contributed by atoms with Gasteiger partial charge in [-0.2, -0.15) is 0 Å². The fourth-order valence-electron chi connectivity index (χ4n) is 2.82. The maximum absolute atomic E-state index is 13.0. The lowest BCUT2D eigenvalue weighted by atomic mass is 10.2. The number of carbonyl (C=O) groups is 1. The van der Waals surface area contributed by atoms with Crippen LogP contribution in [0.15, 0.2) is 59.0 Å². The normalized spacial score (nSPS) is 13.8. The van der Waals surface area contributed by atoms with Gasteiger partial charge in [0.15, 0.2) is 0 Å². The van der Waals surface area contributed by atoms with Crippen LogP contribution < -0.4 is 0 Å². The van der Waals surface area contributed by atoms with Gasteiger partial charge in [-0.05, 0) is 48.7 Å². The maximum atomic E-state index is 13.0. The molecular formula is C21H17ClFN3O2. The molecule has 1 fully saturated rings. The Bertz CT molecular complexity index is 1010. The van der Waals surface area contributed by atoms with Crippen LogP contribution in [0.3, 0.4) is 0 Å². The third kappa shape index (κ3) is 4.28. The molecule has 3 aromatic rings. The molecule has 0 aliphatic heterocycles. The van der Waals surface area contributed by atoms with Gasteiger partial charge in [-0.3, -0.25) is 4.79 Å². The van der Waals surface area contributed by atoms with Gasteiger partial charge in [0.1, 0.15) is 5.82 Å². The third-order valence-corrected chi connectivity index (χ3v) is 4.77. The van der Waals surface area contributed by atoms with E-state index in [0.717, 1.165) is 18.4 Å². The van der Waals surface area contributed by atoms with Crippen LogP contribution in [0.5, 0.6) is 0 Å². The molecule has 1 aromatic heterocycles. The van der Waals surface area contributed by atoms with Gasteiger partial charge in [0.2, 0.25) is 17.7 Å². The summed E-state index contributed by atoms with van der Waals surface area (Å²) in [4.78, 5) is 14.4. The Morgan fingerprint density at radius 1 is 1.18 bits per heavy atom. The Morgan fingerprint density at radius 2 is 1.93 bits per heavy atom. The van der Waals surface area contributed by atoms with Gasteiger partial charge in [-0.1, -0.05) is 35.9 Å². The molecule has 1 amide bonds. The van der Waals surface area contributed by atoms with Crippen LogP contribution in [0.4, 0.5) is 4.39 Å². The first-order valence-corrected chi connectivity index (χ1v) is 9.29. The van der Waals surface area contributed by atoms with Crippen LogP contribution in [0.2, 0.25) is 5.02 Å². The molecule has 1 aliphatic carbocycles. The van der Waals surface area contributed by atoms with E-state index in [0.29, 0.717) is 22.4 Å². The number of nitrogens with zero attached hydrogens (tertiary/aromatic N) is 3. The van der Waals surface area contributed by atoms with Crippen LogP contribution in [-0.2, 0) is 11.3 Å². The van der Waals surface area contributed by atoms with Crippen molar-refractivity contribution < 1.29 is 13.6 Å². The van der Waals surface area contributed by atoms with E-state index >= 15 is 0 Å². The van der Waals surface area contributed by atoms with Crippen LogP contribution in [0.25, 0.3) is 17.5 Å². The number of carbonyl (C=O) groups excluding carboxylic acids is 1. The van der Waals surface area contributed by atoms with Crippen LogP contribution >= 0.6 is 11.6 Å². The molecule has 0 radical (unpaired) electrons. The Kier molecular flexibility index (Phi) is 5.21. The fraction of sp³-hybridized carbons (Fsp3) is 0.190. The average Bonchev–Trinajstić information content (AvgIpc) is 3.44. The Hall–Kier alpha value is -2.99. The zero-order valence-corrected chi connectivity index (χ0v) is 15.6. The quantitative estimate of drug-likeness (QED) is 0.564. The number of amides is 1. The molecule has 1 aliphatic rings. The first-order valence-electron chi connectivity index (χ1n) is 8.92. The minimum Gasteiger partial charge on any atom is -0.419 e. The molecule has 0 atom stereocenters. The summed E-state index contributed by atoms with van der Waals surface area (Å²) in [5, 5.41) is 8.63. The Labute approximate surface area is 166 Å². The van der Waals surface area contributed by atoms with Crippen molar-refractivity contribution in [2.24, 2.45) is 0 Å². The molecule has 0 spiro atoms. The van der Waals surface area contributed by atoms with Crippen molar-refractivity contribution in [2.75, 3.05) is 0 Å². The first kappa shape index (κ1) is 18.4. The number of aromatic nitrogens is 2. The van der Waals surface area contributed by atoms with Crippen molar-refractivity contribution in [3.8, 4) is 11.5 Å². The maximum Gasteiger partial charge on any atom is 0.249 e. The predicted molar refractivity (Wildman–Crippen MR) is 104 cm³/mol. The summed E-state index contributed by atoms with van der Waals surface area (Å²) in [6.45, 7) is 0.231. The molecule has 0 unspecified atom stereocenters. The third-order valence-electron chi connectivity index (χ3n) is 4.44. The van der Waals surface area contributed by atoms with E-state index in [9.17, 15) is 9.18 Å². The molecule has 0 bridgehead atoms. The van der Waals surface area contributed by atoms with E-state index in [1.807, 2.05) is 12.1 Å². The van der Waals surface area contributed by atoms with Gasteiger partial charge < -0.3 is 9.32 Å². The highest BCUT2D eigenvalue weighted by molar-refractivity contribution is 6.33. The van der Waals surface area contributed by atoms with E-state index in [4.69, 9.17) is 16.0 Å².